The van der Waals surface area contributed by atoms with Crippen molar-refractivity contribution < 1.29 is 9.90 Å². The Kier molecular flexibility index (Phi) is 7.65. The van der Waals surface area contributed by atoms with Gasteiger partial charge in [-0.1, -0.05) is 93.8 Å². The average Bonchev–Trinajstić information content (AvgIpc) is 2.85. The summed E-state index contributed by atoms with van der Waals surface area (Å²) in [5.74, 6) is 0.548. The molecule has 0 atom stereocenters. The topological polar surface area (TPSA) is 37.3 Å². The molecular weight excluding hydrogens is 404 g/mol. The van der Waals surface area contributed by atoms with Gasteiger partial charge >= 0.3 is 5.97 Å². The van der Waals surface area contributed by atoms with E-state index in [2.05, 4.69) is 68.4 Å². The van der Waals surface area contributed by atoms with Gasteiger partial charge in [0.2, 0.25) is 0 Å². The van der Waals surface area contributed by atoms with Crippen molar-refractivity contribution in [1.82, 2.24) is 0 Å². The van der Waals surface area contributed by atoms with E-state index >= 15 is 0 Å². The smallest absolute Gasteiger partial charge is 0.336 e. The van der Waals surface area contributed by atoms with E-state index in [4.69, 9.17) is 0 Å². The van der Waals surface area contributed by atoms with E-state index in [1.165, 1.54) is 55.2 Å². The molecule has 0 radical (unpaired) electrons. The molecule has 1 fully saturated rings. The first-order chi connectivity index (χ1) is 16.1. The number of aryl methyl sites for hydroxylation is 1. The van der Waals surface area contributed by atoms with Crippen LogP contribution in [0.3, 0.4) is 0 Å². The normalized spacial score (nSPS) is 18.2. The molecule has 0 aliphatic heterocycles. The molecule has 3 aromatic carbocycles. The molecule has 0 saturated heterocycles. The van der Waals surface area contributed by atoms with Crippen LogP contribution in [0.2, 0.25) is 0 Å². The molecule has 1 N–H and O–H groups in total. The number of carboxylic acids is 1. The fourth-order valence-corrected chi connectivity index (χ4v) is 5.43. The van der Waals surface area contributed by atoms with Crippen LogP contribution in [-0.4, -0.2) is 11.1 Å². The predicted octanol–water partition coefficient (Wildman–Crippen LogP) is 8.75. The summed E-state index contributed by atoms with van der Waals surface area (Å²) in [7, 11) is 0. The Labute approximate surface area is 198 Å². The van der Waals surface area contributed by atoms with E-state index in [-0.39, 0.29) is 0 Å². The van der Waals surface area contributed by atoms with Gasteiger partial charge in [0.1, 0.15) is 0 Å². The number of benzene rings is 3. The summed E-state index contributed by atoms with van der Waals surface area (Å²) in [4.78, 5) is 12.0. The molecule has 1 aliphatic rings. The molecule has 3 aromatic rings. The van der Waals surface area contributed by atoms with E-state index in [0.717, 1.165) is 35.4 Å². The standard InChI is InChI=1S/C31H36O2/c1-3-5-22-7-11-24(12-8-22)25-15-17-27(18-16-25)30-21-28(19-20-29(30)31(32)33)26-13-9-23(6-4-2)10-14-26/h7-8,11-12,15-21,23,26H,3-6,9-10,13-14H2,1-2H3,(H,32,33). The molecule has 4 rings (SSSR count). The van der Waals surface area contributed by atoms with Crippen LogP contribution in [-0.2, 0) is 6.42 Å². The van der Waals surface area contributed by atoms with Crippen molar-refractivity contribution in [2.75, 3.05) is 0 Å². The van der Waals surface area contributed by atoms with Gasteiger partial charge in [-0.2, -0.15) is 0 Å². The summed E-state index contributed by atoms with van der Waals surface area (Å²) < 4.78 is 0. The van der Waals surface area contributed by atoms with Gasteiger partial charge in [0.25, 0.3) is 0 Å². The molecular formula is C31H36O2. The quantitative estimate of drug-likeness (QED) is 0.380. The first-order valence-corrected chi connectivity index (χ1v) is 12.7. The molecule has 33 heavy (non-hydrogen) atoms. The lowest BCUT2D eigenvalue weighted by atomic mass is 9.76. The lowest BCUT2D eigenvalue weighted by molar-refractivity contribution is 0.0697. The Bertz CT molecular complexity index is 1060. The fraction of sp³-hybridized carbons (Fsp3) is 0.387. The highest BCUT2D eigenvalue weighted by Gasteiger charge is 2.23. The van der Waals surface area contributed by atoms with E-state index < -0.39 is 5.97 Å². The summed E-state index contributed by atoms with van der Waals surface area (Å²) >= 11 is 0. The van der Waals surface area contributed by atoms with Gasteiger partial charge < -0.3 is 5.11 Å². The second kappa shape index (κ2) is 10.8. The Morgan fingerprint density at radius 2 is 1.39 bits per heavy atom. The van der Waals surface area contributed by atoms with Crippen LogP contribution >= 0.6 is 0 Å². The second-order valence-corrected chi connectivity index (χ2v) is 9.64. The van der Waals surface area contributed by atoms with Crippen molar-refractivity contribution in [3.05, 3.63) is 83.4 Å². The fourth-order valence-electron chi connectivity index (χ4n) is 5.43. The van der Waals surface area contributed by atoms with Gasteiger partial charge in [0, 0.05) is 0 Å². The molecule has 0 spiro atoms. The summed E-state index contributed by atoms with van der Waals surface area (Å²) in [6.45, 7) is 4.47. The third-order valence-electron chi connectivity index (χ3n) is 7.31. The number of carbonyl (C=O) groups is 1. The number of aromatic carboxylic acids is 1. The van der Waals surface area contributed by atoms with E-state index in [9.17, 15) is 9.90 Å². The minimum absolute atomic E-state index is 0.384. The van der Waals surface area contributed by atoms with Gasteiger partial charge in [-0.15, -0.1) is 0 Å². The van der Waals surface area contributed by atoms with Crippen LogP contribution < -0.4 is 0 Å². The molecule has 0 unspecified atom stereocenters. The zero-order valence-electron chi connectivity index (χ0n) is 20.0. The number of carboxylic acid groups (broad SMARTS) is 1. The molecule has 0 aromatic heterocycles. The number of hydrogen-bond donors (Lipinski definition) is 1. The molecule has 172 valence electrons. The minimum Gasteiger partial charge on any atom is -0.478 e. The average molecular weight is 441 g/mol. The summed E-state index contributed by atoms with van der Waals surface area (Å²) in [6, 6.07) is 23.1. The molecule has 1 aliphatic carbocycles. The maximum atomic E-state index is 12.0. The predicted molar refractivity (Wildman–Crippen MR) is 138 cm³/mol. The lowest BCUT2D eigenvalue weighted by Gasteiger charge is -2.29. The maximum absolute atomic E-state index is 12.0. The van der Waals surface area contributed by atoms with Crippen molar-refractivity contribution in [2.24, 2.45) is 5.92 Å². The van der Waals surface area contributed by atoms with Gasteiger partial charge in [-0.25, -0.2) is 4.79 Å². The largest absolute Gasteiger partial charge is 0.478 e. The van der Waals surface area contributed by atoms with Crippen molar-refractivity contribution >= 4 is 5.97 Å². The van der Waals surface area contributed by atoms with Gasteiger partial charge in [0.05, 0.1) is 5.56 Å². The van der Waals surface area contributed by atoms with Crippen molar-refractivity contribution in [2.45, 2.75) is 71.1 Å². The van der Waals surface area contributed by atoms with Crippen LogP contribution in [0.15, 0.2) is 66.7 Å². The summed E-state index contributed by atoms with van der Waals surface area (Å²) in [6.07, 6.45) is 9.87. The maximum Gasteiger partial charge on any atom is 0.336 e. The Morgan fingerprint density at radius 1 is 0.788 bits per heavy atom. The molecule has 2 heteroatoms. The van der Waals surface area contributed by atoms with Crippen LogP contribution in [0.1, 0.15) is 86.2 Å². The molecule has 0 bridgehead atoms. The lowest BCUT2D eigenvalue weighted by Crippen LogP contribution is -2.13. The van der Waals surface area contributed by atoms with Gasteiger partial charge in [-0.3, -0.25) is 0 Å². The summed E-state index contributed by atoms with van der Waals surface area (Å²) in [5, 5.41) is 9.82. The zero-order chi connectivity index (χ0) is 23.2. The Morgan fingerprint density at radius 3 is 1.97 bits per heavy atom. The van der Waals surface area contributed by atoms with Gasteiger partial charge in [0.15, 0.2) is 0 Å². The SMILES string of the molecule is CCCc1ccc(-c2ccc(-c3cc(C4CCC(CCC)CC4)ccc3C(=O)O)cc2)cc1. The molecule has 0 heterocycles. The minimum atomic E-state index is -0.862. The first kappa shape index (κ1) is 23.3. The molecule has 2 nitrogen and oxygen atoms in total. The van der Waals surface area contributed by atoms with Crippen molar-refractivity contribution in [3.8, 4) is 22.3 Å². The highest BCUT2D eigenvalue weighted by atomic mass is 16.4. The van der Waals surface area contributed by atoms with Crippen molar-refractivity contribution in [1.29, 1.82) is 0 Å². The Hall–Kier alpha value is -2.87. The van der Waals surface area contributed by atoms with Crippen LogP contribution in [0.5, 0.6) is 0 Å². The molecule has 0 amide bonds. The van der Waals surface area contributed by atoms with E-state index in [0.29, 0.717) is 11.5 Å². The van der Waals surface area contributed by atoms with E-state index in [1.54, 1.807) is 0 Å². The van der Waals surface area contributed by atoms with Crippen LogP contribution in [0.4, 0.5) is 0 Å². The highest BCUT2D eigenvalue weighted by molar-refractivity contribution is 5.96. The van der Waals surface area contributed by atoms with Crippen molar-refractivity contribution in [3.63, 3.8) is 0 Å². The third-order valence-corrected chi connectivity index (χ3v) is 7.31. The third kappa shape index (κ3) is 5.55. The zero-order valence-corrected chi connectivity index (χ0v) is 20.0. The van der Waals surface area contributed by atoms with Crippen LogP contribution in [0.25, 0.3) is 22.3 Å². The molecule has 1 saturated carbocycles. The Balaban J connectivity index is 1.58. The monoisotopic (exact) mass is 440 g/mol. The first-order valence-electron chi connectivity index (χ1n) is 12.7. The van der Waals surface area contributed by atoms with Gasteiger partial charge in [-0.05, 0) is 83.4 Å². The van der Waals surface area contributed by atoms with Crippen LogP contribution in [0, 0.1) is 5.92 Å². The highest BCUT2D eigenvalue weighted by Crippen LogP contribution is 2.39. The number of hydrogen-bond acceptors (Lipinski definition) is 1. The van der Waals surface area contributed by atoms with E-state index in [1.807, 2.05) is 12.1 Å². The summed E-state index contributed by atoms with van der Waals surface area (Å²) in [5.41, 5.74) is 7.20. The number of rotatable bonds is 8. The second-order valence-electron chi connectivity index (χ2n) is 9.64.